The Morgan fingerprint density at radius 2 is 1.62 bits per heavy atom. The molecule has 0 bridgehead atoms. The number of aromatic amines is 1. The van der Waals surface area contributed by atoms with E-state index < -0.39 is 24.4 Å². The number of aromatic carboxylic acids is 1. The smallest absolute Gasteiger partial charge is 0.352 e. The predicted octanol–water partition coefficient (Wildman–Crippen LogP) is 5.82. The lowest BCUT2D eigenvalue weighted by Gasteiger charge is -2.11. The molecular weight excluding hydrogens is 508 g/mol. The maximum absolute atomic E-state index is 12.3. The van der Waals surface area contributed by atoms with E-state index in [0.717, 1.165) is 38.6 Å². The third-order valence-electron chi connectivity index (χ3n) is 6.91. The Bertz CT molecular complexity index is 1750. The van der Waals surface area contributed by atoms with Gasteiger partial charge in [-0.05, 0) is 60.0 Å². The SMILES string of the molecule is Cc1cc(C(=O)NCC(=O)O)ccc1-c1cccc2c(CCCOc3cccc4ccccc34)c(C(=O)O)[nH]c12. The molecule has 5 aromatic rings. The van der Waals surface area contributed by atoms with Crippen LogP contribution in [0.3, 0.4) is 0 Å². The first kappa shape index (κ1) is 26.5. The lowest BCUT2D eigenvalue weighted by atomic mass is 9.95. The van der Waals surface area contributed by atoms with Crippen LogP contribution in [-0.2, 0) is 11.2 Å². The number of para-hydroxylation sites is 1. The van der Waals surface area contributed by atoms with Crippen LogP contribution in [0.15, 0.2) is 78.9 Å². The Morgan fingerprint density at radius 1 is 0.875 bits per heavy atom. The summed E-state index contributed by atoms with van der Waals surface area (Å²) in [6.07, 6.45) is 1.14. The second kappa shape index (κ2) is 11.3. The summed E-state index contributed by atoms with van der Waals surface area (Å²) >= 11 is 0. The van der Waals surface area contributed by atoms with Gasteiger partial charge in [-0.15, -0.1) is 0 Å². The maximum atomic E-state index is 12.3. The van der Waals surface area contributed by atoms with Gasteiger partial charge in [0.15, 0.2) is 0 Å². The van der Waals surface area contributed by atoms with Crippen molar-refractivity contribution in [3.8, 4) is 16.9 Å². The molecule has 0 unspecified atom stereocenters. The Hall–Kier alpha value is -5.11. The van der Waals surface area contributed by atoms with Gasteiger partial charge in [0.2, 0.25) is 0 Å². The largest absolute Gasteiger partial charge is 0.493 e. The summed E-state index contributed by atoms with van der Waals surface area (Å²) in [6, 6.07) is 24.8. The molecule has 0 aliphatic heterocycles. The molecule has 0 spiro atoms. The van der Waals surface area contributed by atoms with Gasteiger partial charge in [0.25, 0.3) is 5.91 Å². The summed E-state index contributed by atoms with van der Waals surface area (Å²) < 4.78 is 6.08. The van der Waals surface area contributed by atoms with Gasteiger partial charge in [-0.2, -0.15) is 0 Å². The van der Waals surface area contributed by atoms with E-state index in [0.29, 0.717) is 36.1 Å². The highest BCUT2D eigenvalue weighted by Crippen LogP contribution is 2.34. The van der Waals surface area contributed by atoms with E-state index in [1.165, 1.54) is 0 Å². The molecule has 1 heterocycles. The molecule has 0 atom stereocenters. The maximum Gasteiger partial charge on any atom is 0.352 e. The molecule has 4 aromatic carbocycles. The molecular formula is C32H28N2O6. The molecule has 5 rings (SSSR count). The molecule has 202 valence electrons. The molecule has 0 fully saturated rings. The van der Waals surface area contributed by atoms with E-state index in [1.54, 1.807) is 18.2 Å². The number of H-pyrrole nitrogens is 1. The summed E-state index contributed by atoms with van der Waals surface area (Å²) in [6.45, 7) is 1.83. The lowest BCUT2D eigenvalue weighted by Crippen LogP contribution is -2.29. The average Bonchev–Trinajstić information content (AvgIpc) is 3.33. The zero-order valence-corrected chi connectivity index (χ0v) is 21.9. The van der Waals surface area contributed by atoms with Crippen molar-refractivity contribution in [3.05, 3.63) is 101 Å². The Kier molecular flexibility index (Phi) is 7.50. The van der Waals surface area contributed by atoms with Gasteiger partial charge in [-0.25, -0.2) is 4.79 Å². The topological polar surface area (TPSA) is 129 Å². The number of carboxylic acids is 2. The average molecular weight is 537 g/mol. The molecule has 1 aromatic heterocycles. The first-order valence-corrected chi connectivity index (χ1v) is 12.9. The number of rotatable bonds is 10. The molecule has 4 N–H and O–H groups in total. The highest BCUT2D eigenvalue weighted by molar-refractivity contribution is 6.04. The quantitative estimate of drug-likeness (QED) is 0.167. The van der Waals surface area contributed by atoms with Crippen LogP contribution in [-0.4, -0.2) is 46.2 Å². The van der Waals surface area contributed by atoms with Crippen molar-refractivity contribution in [2.24, 2.45) is 0 Å². The monoisotopic (exact) mass is 536 g/mol. The second-order valence-electron chi connectivity index (χ2n) is 9.55. The van der Waals surface area contributed by atoms with Crippen LogP contribution in [0.1, 0.15) is 38.4 Å². The number of aromatic nitrogens is 1. The zero-order valence-electron chi connectivity index (χ0n) is 21.9. The summed E-state index contributed by atoms with van der Waals surface area (Å²) in [7, 11) is 0. The minimum atomic E-state index is -1.12. The van der Waals surface area contributed by atoms with Crippen molar-refractivity contribution in [1.29, 1.82) is 0 Å². The molecule has 1 amide bonds. The molecule has 0 aliphatic rings. The Labute approximate surface area is 230 Å². The molecule has 0 saturated carbocycles. The number of hydrogen-bond acceptors (Lipinski definition) is 4. The molecule has 40 heavy (non-hydrogen) atoms. The summed E-state index contributed by atoms with van der Waals surface area (Å²) in [4.78, 5) is 38.4. The zero-order chi connectivity index (χ0) is 28.2. The van der Waals surface area contributed by atoms with Gasteiger partial charge >= 0.3 is 11.9 Å². The van der Waals surface area contributed by atoms with Gasteiger partial charge in [-0.1, -0.05) is 60.7 Å². The number of carbonyl (C=O) groups is 3. The Morgan fingerprint density at radius 3 is 2.40 bits per heavy atom. The number of benzene rings is 4. The van der Waals surface area contributed by atoms with Gasteiger partial charge in [0.05, 0.1) is 12.1 Å². The van der Waals surface area contributed by atoms with E-state index in [1.807, 2.05) is 67.6 Å². The number of aliphatic carboxylic acids is 1. The number of amides is 1. The second-order valence-corrected chi connectivity index (χ2v) is 9.55. The summed E-state index contributed by atoms with van der Waals surface area (Å²) in [5, 5.41) is 24.1. The highest BCUT2D eigenvalue weighted by atomic mass is 16.5. The van der Waals surface area contributed by atoms with Crippen LogP contribution in [0.25, 0.3) is 32.8 Å². The highest BCUT2D eigenvalue weighted by Gasteiger charge is 2.20. The lowest BCUT2D eigenvalue weighted by molar-refractivity contribution is -0.135. The van der Waals surface area contributed by atoms with Crippen molar-refractivity contribution in [2.45, 2.75) is 19.8 Å². The normalized spacial score (nSPS) is 11.0. The first-order chi connectivity index (χ1) is 19.3. The molecule has 0 aliphatic carbocycles. The number of carboxylic acid groups (broad SMARTS) is 2. The van der Waals surface area contributed by atoms with E-state index in [9.17, 15) is 19.5 Å². The van der Waals surface area contributed by atoms with E-state index in [2.05, 4.69) is 10.3 Å². The minimum Gasteiger partial charge on any atom is -0.493 e. The number of carbonyl (C=O) groups excluding carboxylic acids is 1. The Balaban J connectivity index is 1.39. The van der Waals surface area contributed by atoms with Crippen LogP contribution < -0.4 is 10.1 Å². The van der Waals surface area contributed by atoms with Crippen LogP contribution >= 0.6 is 0 Å². The van der Waals surface area contributed by atoms with Crippen molar-refractivity contribution in [1.82, 2.24) is 10.3 Å². The molecule has 8 nitrogen and oxygen atoms in total. The summed E-state index contributed by atoms with van der Waals surface area (Å²) in [5.74, 6) is -1.83. The third-order valence-corrected chi connectivity index (χ3v) is 6.91. The predicted molar refractivity (Wildman–Crippen MR) is 153 cm³/mol. The fourth-order valence-corrected chi connectivity index (χ4v) is 5.06. The van der Waals surface area contributed by atoms with E-state index in [4.69, 9.17) is 9.84 Å². The van der Waals surface area contributed by atoms with Crippen molar-refractivity contribution >= 4 is 39.5 Å². The van der Waals surface area contributed by atoms with Crippen LogP contribution in [0.2, 0.25) is 0 Å². The van der Waals surface area contributed by atoms with Crippen LogP contribution in [0.5, 0.6) is 5.75 Å². The standard InChI is InChI=1S/C32H28N2O6/c1-19-17-21(31(37)33-18-28(35)36)14-15-22(19)24-10-5-11-25-26(30(32(38)39)34-29(24)25)12-6-16-40-27-13-4-8-20-7-2-3-9-23(20)27/h2-5,7-11,13-15,17,34H,6,12,16,18H2,1H3,(H,33,37)(H,35,36)(H,38,39). The number of ether oxygens (including phenoxy) is 1. The van der Waals surface area contributed by atoms with Gasteiger partial charge in [0, 0.05) is 21.9 Å². The van der Waals surface area contributed by atoms with Crippen molar-refractivity contribution < 1.29 is 29.3 Å². The van der Waals surface area contributed by atoms with E-state index >= 15 is 0 Å². The van der Waals surface area contributed by atoms with Crippen molar-refractivity contribution in [2.75, 3.05) is 13.2 Å². The fourth-order valence-electron chi connectivity index (χ4n) is 5.06. The van der Waals surface area contributed by atoms with Crippen molar-refractivity contribution in [3.63, 3.8) is 0 Å². The number of fused-ring (bicyclic) bond motifs is 2. The third kappa shape index (κ3) is 5.37. The van der Waals surface area contributed by atoms with E-state index in [-0.39, 0.29) is 5.69 Å². The molecule has 8 heteroatoms. The number of hydrogen-bond donors (Lipinski definition) is 4. The van der Waals surface area contributed by atoms with Gasteiger partial charge in [-0.3, -0.25) is 9.59 Å². The first-order valence-electron chi connectivity index (χ1n) is 12.9. The minimum absolute atomic E-state index is 0.148. The fraction of sp³-hybridized carbons (Fsp3) is 0.156. The van der Waals surface area contributed by atoms with Crippen LogP contribution in [0.4, 0.5) is 0 Å². The number of aryl methyl sites for hydroxylation is 2. The van der Waals surface area contributed by atoms with Crippen LogP contribution in [0, 0.1) is 6.92 Å². The van der Waals surface area contributed by atoms with Gasteiger partial charge < -0.3 is 25.3 Å². The number of nitrogens with one attached hydrogen (secondary N) is 2. The molecule has 0 radical (unpaired) electrons. The summed E-state index contributed by atoms with van der Waals surface area (Å²) in [5.41, 5.74) is 4.36. The van der Waals surface area contributed by atoms with Gasteiger partial charge in [0.1, 0.15) is 18.0 Å². The molecule has 0 saturated heterocycles.